The zero-order valence-electron chi connectivity index (χ0n) is 12.1. The first kappa shape index (κ1) is 14.5. The third-order valence-corrected chi connectivity index (χ3v) is 4.35. The highest BCUT2D eigenvalue weighted by Gasteiger charge is 2.25. The maximum atomic E-state index is 11.6. The van der Waals surface area contributed by atoms with Gasteiger partial charge < -0.3 is 9.52 Å². The highest BCUT2D eigenvalue weighted by Crippen LogP contribution is 2.33. The molecule has 0 saturated carbocycles. The number of nitrogens with one attached hydrogen (secondary N) is 1. The van der Waals surface area contributed by atoms with Gasteiger partial charge in [-0.2, -0.15) is 0 Å². The number of nitrogens with zero attached hydrogens (tertiary/aromatic N) is 1. The van der Waals surface area contributed by atoms with Gasteiger partial charge in [-0.25, -0.2) is 0 Å². The molecular weight excluding hydrogens is 328 g/mol. The van der Waals surface area contributed by atoms with Crippen molar-refractivity contribution in [1.82, 2.24) is 10.3 Å². The zero-order valence-corrected chi connectivity index (χ0v) is 13.0. The standard InChI is InChI=1S/C17H10N2O4S/c20-11-3-1-9(2-4-11)13-8-18-7-10-5-12(23-15(10)13)6-14-16(21)19-17(22)24-14/h1-8,20H,(H,19,21,22)/b14-6+. The van der Waals surface area contributed by atoms with Gasteiger partial charge in [0.15, 0.2) is 0 Å². The highest BCUT2D eigenvalue weighted by atomic mass is 32.2. The Hall–Kier alpha value is -3.06. The van der Waals surface area contributed by atoms with Gasteiger partial charge in [0.05, 0.1) is 4.91 Å². The van der Waals surface area contributed by atoms with Crippen molar-refractivity contribution >= 4 is 40.0 Å². The minimum Gasteiger partial charge on any atom is -0.508 e. The number of thioether (sulfide) groups is 1. The molecule has 4 rings (SSSR count). The summed E-state index contributed by atoms with van der Waals surface area (Å²) in [6, 6.07) is 8.48. The van der Waals surface area contributed by atoms with Crippen LogP contribution in [-0.4, -0.2) is 21.2 Å². The van der Waals surface area contributed by atoms with Crippen LogP contribution in [0.2, 0.25) is 0 Å². The molecule has 0 spiro atoms. The fraction of sp³-hybridized carbons (Fsp3) is 0. The molecule has 7 heteroatoms. The normalized spacial score (nSPS) is 16.1. The Morgan fingerprint density at radius 2 is 1.96 bits per heavy atom. The first-order valence-corrected chi connectivity index (χ1v) is 7.83. The van der Waals surface area contributed by atoms with Crippen LogP contribution in [0.3, 0.4) is 0 Å². The Kier molecular flexibility index (Phi) is 3.35. The molecule has 1 saturated heterocycles. The van der Waals surface area contributed by atoms with Crippen LogP contribution in [0.15, 0.2) is 52.0 Å². The number of aromatic nitrogens is 1. The third-order valence-electron chi connectivity index (χ3n) is 3.54. The Morgan fingerprint density at radius 3 is 2.67 bits per heavy atom. The van der Waals surface area contributed by atoms with E-state index in [0.717, 1.165) is 28.3 Å². The zero-order chi connectivity index (χ0) is 16.7. The Morgan fingerprint density at radius 1 is 1.17 bits per heavy atom. The fourth-order valence-electron chi connectivity index (χ4n) is 2.45. The number of phenolic OH excluding ortho intramolecular Hbond substituents is 1. The molecule has 118 valence electrons. The predicted molar refractivity (Wildman–Crippen MR) is 90.2 cm³/mol. The predicted octanol–water partition coefficient (Wildman–Crippen LogP) is 3.52. The summed E-state index contributed by atoms with van der Waals surface area (Å²) in [5.41, 5.74) is 2.25. The summed E-state index contributed by atoms with van der Waals surface area (Å²) in [5.74, 6) is 0.213. The van der Waals surface area contributed by atoms with Crippen molar-refractivity contribution in [3.8, 4) is 16.9 Å². The van der Waals surface area contributed by atoms with E-state index in [4.69, 9.17) is 4.42 Å². The van der Waals surface area contributed by atoms with Crippen LogP contribution in [0.4, 0.5) is 4.79 Å². The molecule has 0 atom stereocenters. The maximum Gasteiger partial charge on any atom is 0.290 e. The number of furan rings is 1. The van der Waals surface area contributed by atoms with Crippen molar-refractivity contribution in [3.63, 3.8) is 0 Å². The van der Waals surface area contributed by atoms with E-state index in [-0.39, 0.29) is 10.7 Å². The Bertz CT molecular complexity index is 1010. The van der Waals surface area contributed by atoms with Crippen LogP contribution in [0, 0.1) is 0 Å². The molecule has 1 aromatic carbocycles. The van der Waals surface area contributed by atoms with E-state index in [1.165, 1.54) is 6.08 Å². The van der Waals surface area contributed by atoms with Crippen molar-refractivity contribution < 1.29 is 19.1 Å². The number of hydrogen-bond donors (Lipinski definition) is 2. The lowest BCUT2D eigenvalue weighted by molar-refractivity contribution is -0.115. The summed E-state index contributed by atoms with van der Waals surface area (Å²) >= 11 is 0.839. The summed E-state index contributed by atoms with van der Waals surface area (Å²) in [4.78, 5) is 27.3. The molecule has 2 aromatic heterocycles. The van der Waals surface area contributed by atoms with Gasteiger partial charge in [0.1, 0.15) is 17.1 Å². The molecule has 6 nitrogen and oxygen atoms in total. The molecule has 0 bridgehead atoms. The molecule has 0 unspecified atom stereocenters. The van der Waals surface area contributed by atoms with Crippen LogP contribution in [0.25, 0.3) is 28.2 Å². The van der Waals surface area contributed by atoms with Crippen LogP contribution in [-0.2, 0) is 4.79 Å². The van der Waals surface area contributed by atoms with E-state index < -0.39 is 11.1 Å². The fourth-order valence-corrected chi connectivity index (χ4v) is 3.11. The molecule has 2 amide bonds. The molecule has 1 aliphatic rings. The minimum atomic E-state index is -0.428. The molecule has 24 heavy (non-hydrogen) atoms. The number of amides is 2. The van der Waals surface area contributed by atoms with Crippen molar-refractivity contribution in [3.05, 3.63) is 53.4 Å². The van der Waals surface area contributed by atoms with E-state index in [2.05, 4.69) is 10.3 Å². The molecule has 0 radical (unpaired) electrons. The summed E-state index contributed by atoms with van der Waals surface area (Å²) in [5, 5.41) is 12.0. The summed E-state index contributed by atoms with van der Waals surface area (Å²) in [7, 11) is 0. The summed E-state index contributed by atoms with van der Waals surface area (Å²) < 4.78 is 5.85. The number of pyridine rings is 1. The number of benzene rings is 1. The molecule has 3 heterocycles. The Labute approximate surface area is 140 Å². The van der Waals surface area contributed by atoms with Gasteiger partial charge in [0.25, 0.3) is 11.1 Å². The monoisotopic (exact) mass is 338 g/mol. The van der Waals surface area contributed by atoms with E-state index in [1.54, 1.807) is 42.7 Å². The van der Waals surface area contributed by atoms with Crippen LogP contribution < -0.4 is 5.32 Å². The lowest BCUT2D eigenvalue weighted by Crippen LogP contribution is -2.17. The van der Waals surface area contributed by atoms with Gasteiger partial charge >= 0.3 is 0 Å². The lowest BCUT2D eigenvalue weighted by Gasteiger charge is -2.02. The lowest BCUT2D eigenvalue weighted by atomic mass is 10.1. The summed E-state index contributed by atoms with van der Waals surface area (Å²) in [6.07, 6.45) is 4.87. The number of fused-ring (bicyclic) bond motifs is 1. The van der Waals surface area contributed by atoms with E-state index in [0.29, 0.717) is 11.3 Å². The number of carbonyl (C=O) groups excluding carboxylic acids is 2. The van der Waals surface area contributed by atoms with Gasteiger partial charge in [-0.1, -0.05) is 12.1 Å². The topological polar surface area (TPSA) is 92.4 Å². The van der Waals surface area contributed by atoms with Crippen LogP contribution in [0.5, 0.6) is 5.75 Å². The number of hydrogen-bond acceptors (Lipinski definition) is 6. The molecular formula is C17H10N2O4S. The van der Waals surface area contributed by atoms with Gasteiger partial charge in [-0.3, -0.25) is 19.9 Å². The second-order valence-electron chi connectivity index (χ2n) is 5.15. The Balaban J connectivity index is 1.80. The molecule has 2 N–H and O–H groups in total. The summed E-state index contributed by atoms with van der Waals surface area (Å²) in [6.45, 7) is 0. The second kappa shape index (κ2) is 5.54. The maximum absolute atomic E-state index is 11.6. The van der Waals surface area contributed by atoms with Crippen molar-refractivity contribution in [2.75, 3.05) is 0 Å². The highest BCUT2D eigenvalue weighted by molar-refractivity contribution is 8.18. The minimum absolute atomic E-state index is 0.178. The molecule has 3 aromatic rings. The number of carbonyl (C=O) groups is 2. The van der Waals surface area contributed by atoms with Crippen LogP contribution in [0.1, 0.15) is 5.76 Å². The molecule has 1 aliphatic heterocycles. The molecule has 0 aliphatic carbocycles. The number of rotatable bonds is 2. The smallest absolute Gasteiger partial charge is 0.290 e. The second-order valence-corrected chi connectivity index (χ2v) is 6.17. The molecule has 1 fully saturated rings. The number of aromatic hydroxyl groups is 1. The SMILES string of the molecule is O=C1NC(=O)/C(=C\c2cc3cncc(-c4ccc(O)cc4)c3o2)S1. The van der Waals surface area contributed by atoms with Crippen molar-refractivity contribution in [2.24, 2.45) is 0 Å². The van der Waals surface area contributed by atoms with Crippen molar-refractivity contribution in [1.29, 1.82) is 0 Å². The van der Waals surface area contributed by atoms with Gasteiger partial charge in [0.2, 0.25) is 0 Å². The third kappa shape index (κ3) is 2.55. The quantitative estimate of drug-likeness (QED) is 0.695. The first-order valence-electron chi connectivity index (χ1n) is 7.02. The number of imide groups is 1. The largest absolute Gasteiger partial charge is 0.508 e. The van der Waals surface area contributed by atoms with E-state index in [9.17, 15) is 14.7 Å². The van der Waals surface area contributed by atoms with Gasteiger partial charge in [0, 0.05) is 29.4 Å². The first-order chi connectivity index (χ1) is 11.6. The van der Waals surface area contributed by atoms with E-state index >= 15 is 0 Å². The average molecular weight is 338 g/mol. The van der Waals surface area contributed by atoms with E-state index in [1.807, 2.05) is 0 Å². The van der Waals surface area contributed by atoms with Gasteiger partial charge in [-0.15, -0.1) is 0 Å². The average Bonchev–Trinajstić information content (AvgIpc) is 3.10. The number of phenols is 1. The van der Waals surface area contributed by atoms with Crippen molar-refractivity contribution in [2.45, 2.75) is 0 Å². The van der Waals surface area contributed by atoms with Crippen LogP contribution >= 0.6 is 11.8 Å². The van der Waals surface area contributed by atoms with Gasteiger partial charge in [-0.05, 0) is 35.5 Å².